The number of aliphatic carboxylic acids is 2. The molecule has 0 amide bonds. The van der Waals surface area contributed by atoms with E-state index in [0.717, 1.165) is 0 Å². The molecule has 1 atom stereocenters. The van der Waals surface area contributed by atoms with Gasteiger partial charge < -0.3 is 19.5 Å². The van der Waals surface area contributed by atoms with E-state index in [4.69, 9.17) is 14.8 Å². The van der Waals surface area contributed by atoms with Gasteiger partial charge in [-0.2, -0.15) is 8.42 Å². The molecule has 118 valence electrons. The average molecular weight is 435 g/mol. The summed E-state index contributed by atoms with van der Waals surface area (Å²) in [5.74, 6) is -5.58. The van der Waals surface area contributed by atoms with Crippen LogP contribution in [0.4, 0.5) is 0 Å². The second-order valence-corrected chi connectivity index (χ2v) is 3.99. The van der Waals surface area contributed by atoms with Gasteiger partial charge in [-0.3, -0.25) is 14.1 Å². The summed E-state index contributed by atoms with van der Waals surface area (Å²) in [7, 11) is -5.15. The number of hydrogen-bond acceptors (Lipinski definition) is 7. The van der Waals surface area contributed by atoms with E-state index in [1.54, 1.807) is 0 Å². The van der Waals surface area contributed by atoms with Crippen LogP contribution in [0, 0.1) is 0 Å². The molecule has 15 heteroatoms. The van der Waals surface area contributed by atoms with Gasteiger partial charge in [0.1, 0.15) is 0 Å². The van der Waals surface area contributed by atoms with Gasteiger partial charge in [-0.05, 0) is 0 Å². The molecular weight excluding hydrogens is 420 g/mol. The first-order chi connectivity index (χ1) is 7.46. The summed E-state index contributed by atoms with van der Waals surface area (Å²) < 4.78 is 31.6. The van der Waals surface area contributed by atoms with Crippen LogP contribution in [0.2, 0.25) is 0 Å². The van der Waals surface area contributed by atoms with E-state index < -0.39 is 46.7 Å². The van der Waals surface area contributed by atoms with Crippen molar-refractivity contribution in [3.05, 3.63) is 0 Å². The molecular formula is C6H15Ca3ClO10S. The van der Waals surface area contributed by atoms with Gasteiger partial charge in [0.05, 0.1) is 12.8 Å². The summed E-state index contributed by atoms with van der Waals surface area (Å²) in [6.45, 7) is 0. The molecule has 1 unspecified atom stereocenters. The molecule has 0 rings (SSSR count). The third kappa shape index (κ3) is 17.0. The van der Waals surface area contributed by atoms with E-state index in [0.29, 0.717) is 0 Å². The molecule has 0 radical (unpaired) electrons. The Labute approximate surface area is 215 Å². The molecule has 0 aromatic heterocycles. The summed E-state index contributed by atoms with van der Waals surface area (Å²) >= 11 is 0. The van der Waals surface area contributed by atoms with Crippen LogP contribution in [0.15, 0.2) is 0 Å². The molecule has 4 N–H and O–H groups in total. The normalized spacial score (nSPS) is 11.9. The molecule has 0 bridgehead atoms. The Morgan fingerprint density at radius 2 is 1.38 bits per heavy atom. The summed E-state index contributed by atoms with van der Waals surface area (Å²) in [5.41, 5.74) is -3.02. The van der Waals surface area contributed by atoms with Crippen LogP contribution in [0.1, 0.15) is 12.8 Å². The van der Waals surface area contributed by atoms with Crippen molar-refractivity contribution in [3.8, 4) is 0 Å². The van der Waals surface area contributed by atoms with Gasteiger partial charge in [-0.15, -0.1) is 12.4 Å². The van der Waals surface area contributed by atoms with Gasteiger partial charge in [0.15, 0.2) is 5.60 Å². The second-order valence-electron chi connectivity index (χ2n) is 2.97. The van der Waals surface area contributed by atoms with Gasteiger partial charge in [0, 0.05) is 0 Å². The molecule has 0 aliphatic carbocycles. The average Bonchev–Trinajstić information content (AvgIpc) is 1.96. The van der Waals surface area contributed by atoms with E-state index in [1.807, 2.05) is 0 Å². The van der Waals surface area contributed by atoms with E-state index in [2.05, 4.69) is 4.18 Å². The number of carbonyl (C=O) groups excluding carboxylic acids is 1. The number of carbonyl (C=O) groups is 3. The molecule has 0 aromatic carbocycles. The predicted octanol–water partition coefficient (Wildman–Crippen LogP) is -4.31. The van der Waals surface area contributed by atoms with Crippen molar-refractivity contribution in [2.45, 2.75) is 18.4 Å². The zero-order valence-electron chi connectivity index (χ0n) is 8.47. The number of aliphatic hydroxyl groups is 1. The fourth-order valence-corrected chi connectivity index (χ4v) is 1.14. The van der Waals surface area contributed by atoms with Crippen molar-refractivity contribution in [1.29, 1.82) is 0 Å². The molecule has 0 saturated heterocycles. The number of hydrogen-bond donors (Lipinski definition) is 4. The number of halogens is 1. The summed E-state index contributed by atoms with van der Waals surface area (Å²) in [5, 5.41) is 26.1. The minimum absolute atomic E-state index is 0. The number of carboxylic acid groups (broad SMARTS) is 2. The first-order valence-electron chi connectivity index (χ1n) is 3.83. The van der Waals surface area contributed by atoms with Crippen molar-refractivity contribution in [2.24, 2.45) is 0 Å². The van der Waals surface area contributed by atoms with Crippen molar-refractivity contribution in [3.63, 3.8) is 0 Å². The second kappa shape index (κ2) is 14.7. The van der Waals surface area contributed by atoms with Crippen LogP contribution in [0.5, 0.6) is 0 Å². The maximum atomic E-state index is 10.8. The quantitative estimate of drug-likeness (QED) is 0.236. The Hall–Kier alpha value is 2.35. The molecule has 21 heavy (non-hydrogen) atoms. The zero-order valence-corrected chi connectivity index (χ0v) is 10.1. The third-order valence-corrected chi connectivity index (χ3v) is 1.87. The molecule has 0 spiro atoms. The Morgan fingerprint density at radius 3 is 1.62 bits per heavy atom. The molecule has 0 saturated carbocycles. The van der Waals surface area contributed by atoms with Crippen LogP contribution >= 0.6 is 12.4 Å². The zero-order chi connectivity index (χ0) is 13.9. The number of carboxylic acids is 2. The van der Waals surface area contributed by atoms with Crippen molar-refractivity contribution < 1.29 is 46.9 Å². The Morgan fingerprint density at radius 1 is 1.00 bits per heavy atom. The Kier molecular flexibility index (Phi) is 24.2. The molecule has 10 nitrogen and oxygen atoms in total. The first kappa shape index (κ1) is 34.6. The fourth-order valence-electron chi connectivity index (χ4n) is 0.850. The van der Waals surface area contributed by atoms with E-state index in [-0.39, 0.29) is 126 Å². The first-order valence-corrected chi connectivity index (χ1v) is 5.20. The topological polar surface area (TPSA) is 175 Å². The molecule has 0 heterocycles. The molecule has 0 aromatic rings. The van der Waals surface area contributed by atoms with Crippen LogP contribution in [0.3, 0.4) is 0 Å². The predicted molar refractivity (Wildman–Crippen MR) is 80.0 cm³/mol. The Bertz CT molecular complexity index is 454. The standard InChI is InChI=1S/C6H8O10S.3Ca.ClH.6H/c7-3(8)1-6(12,5(10)11)2-4(9)16-17(13,14)15;;;;;;;;;;/h12H,1-2H2,(H,7,8)(H,10,11)(H,13,14,15);;;;1H;;;;;;. The minimum atomic E-state index is -5.15. The van der Waals surface area contributed by atoms with Crippen molar-refractivity contribution >= 4 is 154 Å². The fraction of sp³-hybridized carbons (Fsp3) is 0.500. The van der Waals surface area contributed by atoms with Gasteiger partial charge in [0.25, 0.3) is 0 Å². The molecule has 0 aliphatic heterocycles. The monoisotopic (exact) mass is 434 g/mol. The number of rotatable bonds is 6. The van der Waals surface area contributed by atoms with Crippen LogP contribution < -0.4 is 0 Å². The molecule has 0 aliphatic rings. The van der Waals surface area contributed by atoms with Crippen molar-refractivity contribution in [1.82, 2.24) is 0 Å². The van der Waals surface area contributed by atoms with Gasteiger partial charge in [-0.25, -0.2) is 4.79 Å². The van der Waals surface area contributed by atoms with E-state index >= 15 is 0 Å². The van der Waals surface area contributed by atoms with Crippen LogP contribution in [-0.4, -0.2) is 165 Å². The summed E-state index contributed by atoms with van der Waals surface area (Å²) in [6.07, 6.45) is -2.79. The summed E-state index contributed by atoms with van der Waals surface area (Å²) in [4.78, 5) is 31.6. The maximum absolute atomic E-state index is 10.8. The van der Waals surface area contributed by atoms with Gasteiger partial charge in [0.2, 0.25) is 0 Å². The van der Waals surface area contributed by atoms with Crippen LogP contribution in [-0.2, 0) is 29.0 Å². The van der Waals surface area contributed by atoms with E-state index in [9.17, 15) is 27.9 Å². The Balaban J connectivity index is -0.000000213. The SMILES string of the molecule is Cl.O=C(O)CC(O)(CC(=O)OS(=O)(=O)O)C(=O)O.[CaH2].[CaH2].[CaH2]. The van der Waals surface area contributed by atoms with Crippen molar-refractivity contribution in [2.75, 3.05) is 0 Å². The third-order valence-electron chi connectivity index (χ3n) is 1.48. The van der Waals surface area contributed by atoms with E-state index in [1.165, 1.54) is 0 Å². The van der Waals surface area contributed by atoms with Gasteiger partial charge >= 0.3 is 142 Å². The van der Waals surface area contributed by atoms with Gasteiger partial charge in [-0.1, -0.05) is 0 Å². The summed E-state index contributed by atoms with van der Waals surface area (Å²) in [6, 6.07) is 0. The van der Waals surface area contributed by atoms with Crippen LogP contribution in [0.25, 0.3) is 0 Å². The molecule has 0 fully saturated rings.